The Kier molecular flexibility index (Phi) is 12.0. The van der Waals surface area contributed by atoms with E-state index in [-0.39, 0.29) is 29.5 Å². The van der Waals surface area contributed by atoms with Crippen LogP contribution in [0, 0.1) is 0 Å². The highest BCUT2D eigenvalue weighted by atomic mass is 32.2. The van der Waals surface area contributed by atoms with Gasteiger partial charge in [0.1, 0.15) is 4.32 Å². The lowest BCUT2D eigenvalue weighted by Crippen LogP contribution is -2.67. The van der Waals surface area contributed by atoms with Crippen LogP contribution in [0.4, 0.5) is 0 Å². The van der Waals surface area contributed by atoms with E-state index in [0.29, 0.717) is 4.32 Å². The third kappa shape index (κ3) is 8.34. The summed E-state index contributed by atoms with van der Waals surface area (Å²) in [5, 5.41) is 13.4. The largest absolute Gasteiger partial charge is 0.401 e. The molecule has 0 bridgehead atoms. The first kappa shape index (κ1) is 33.3. The Morgan fingerprint density at radius 3 is 2.09 bits per heavy atom. The van der Waals surface area contributed by atoms with Gasteiger partial charge in [-0.3, -0.25) is 9.69 Å². The molecule has 1 N–H and O–H groups in total. The number of hydrogen-bond donors (Lipinski definition) is 1. The lowest BCUT2D eigenvalue weighted by Gasteiger charge is -2.45. The minimum absolute atomic E-state index is 0.000590. The molecular formula is C36H45NO3S2Si. The molecule has 1 saturated heterocycles. The summed E-state index contributed by atoms with van der Waals surface area (Å²) >= 11 is 7.10. The maximum atomic E-state index is 13.4. The van der Waals surface area contributed by atoms with E-state index in [9.17, 15) is 9.90 Å². The van der Waals surface area contributed by atoms with Crippen LogP contribution in [-0.4, -0.2) is 52.6 Å². The second-order valence-electron chi connectivity index (χ2n) is 12.3. The van der Waals surface area contributed by atoms with Crippen molar-refractivity contribution in [3.05, 3.63) is 109 Å². The first-order valence-electron chi connectivity index (χ1n) is 15.3. The normalized spacial score (nSPS) is 17.4. The molecule has 1 aliphatic heterocycles. The van der Waals surface area contributed by atoms with Gasteiger partial charge in [0.05, 0.1) is 24.7 Å². The predicted molar refractivity (Wildman–Crippen MR) is 188 cm³/mol. The van der Waals surface area contributed by atoms with E-state index in [0.717, 1.165) is 31.4 Å². The molecule has 43 heavy (non-hydrogen) atoms. The van der Waals surface area contributed by atoms with Crippen LogP contribution in [0.25, 0.3) is 0 Å². The number of hydrogen-bond acceptors (Lipinski definition) is 5. The molecule has 0 unspecified atom stereocenters. The van der Waals surface area contributed by atoms with Crippen LogP contribution in [-0.2, 0) is 15.6 Å². The van der Waals surface area contributed by atoms with Crippen molar-refractivity contribution in [3.63, 3.8) is 0 Å². The van der Waals surface area contributed by atoms with Gasteiger partial charge in [-0.15, -0.1) is 0 Å². The smallest absolute Gasteiger partial charge is 0.261 e. The van der Waals surface area contributed by atoms with Crippen molar-refractivity contribution in [2.24, 2.45) is 0 Å². The molecule has 228 valence electrons. The van der Waals surface area contributed by atoms with Gasteiger partial charge in [0, 0.05) is 5.75 Å². The van der Waals surface area contributed by atoms with Gasteiger partial charge in [-0.2, -0.15) is 0 Å². The molecule has 3 aromatic carbocycles. The number of rotatable bonds is 13. The molecule has 1 aliphatic rings. The Morgan fingerprint density at radius 1 is 1.00 bits per heavy atom. The average molecular weight is 632 g/mol. The molecule has 0 spiro atoms. The molecule has 3 aromatic rings. The fourth-order valence-electron chi connectivity index (χ4n) is 5.92. The van der Waals surface area contributed by atoms with Gasteiger partial charge in [-0.05, 0) is 33.8 Å². The molecule has 0 radical (unpaired) electrons. The number of aliphatic hydroxyl groups excluding tert-OH is 1. The van der Waals surface area contributed by atoms with Crippen molar-refractivity contribution in [1.29, 1.82) is 0 Å². The van der Waals surface area contributed by atoms with E-state index in [1.54, 1.807) is 22.7 Å². The lowest BCUT2D eigenvalue weighted by molar-refractivity contribution is -0.129. The summed E-state index contributed by atoms with van der Waals surface area (Å²) in [6, 6.07) is 31.4. The number of nitrogens with zero attached hydrogens (tertiary/aromatic N) is 1. The van der Waals surface area contributed by atoms with Crippen LogP contribution in [0.5, 0.6) is 0 Å². The number of carbonyl (C=O) groups is 1. The second kappa shape index (κ2) is 15.4. The fraction of sp³-hybridized carbons (Fsp3) is 0.389. The van der Waals surface area contributed by atoms with Gasteiger partial charge in [-0.25, -0.2) is 0 Å². The quantitative estimate of drug-likeness (QED) is 0.126. The number of aliphatic hydroxyl groups is 1. The van der Waals surface area contributed by atoms with Gasteiger partial charge in [0.15, 0.2) is 0 Å². The first-order valence-corrected chi connectivity index (χ1v) is 18.6. The SMILES string of the molecule is CCCC[C@@H](/C=C\[C@H](O)CC(=O)N1C(=S)SC[C@@H]1Cc1ccccc1)O[Si](c1ccccc1)(c1ccccc1)C(C)(C)C. The summed E-state index contributed by atoms with van der Waals surface area (Å²) in [6.45, 7) is 9.00. The van der Waals surface area contributed by atoms with Crippen LogP contribution in [0.15, 0.2) is 103 Å². The highest BCUT2D eigenvalue weighted by molar-refractivity contribution is 8.23. The number of thiocarbonyl (C=S) groups is 1. The highest BCUT2D eigenvalue weighted by Crippen LogP contribution is 2.38. The number of benzene rings is 3. The zero-order chi connectivity index (χ0) is 30.9. The molecule has 1 amide bonds. The van der Waals surface area contributed by atoms with Crippen LogP contribution in [0.2, 0.25) is 5.04 Å². The Hall–Kier alpha value is -2.55. The third-order valence-corrected chi connectivity index (χ3v) is 14.7. The summed E-state index contributed by atoms with van der Waals surface area (Å²) in [4.78, 5) is 15.1. The van der Waals surface area contributed by atoms with Gasteiger partial charge in [0.25, 0.3) is 8.32 Å². The monoisotopic (exact) mass is 631 g/mol. The van der Waals surface area contributed by atoms with Gasteiger partial charge in [0.2, 0.25) is 5.91 Å². The second-order valence-corrected chi connectivity index (χ2v) is 18.2. The maximum absolute atomic E-state index is 13.4. The van der Waals surface area contributed by atoms with E-state index in [4.69, 9.17) is 16.6 Å². The van der Waals surface area contributed by atoms with Crippen LogP contribution >= 0.6 is 24.0 Å². The molecule has 0 aromatic heterocycles. The molecule has 4 nitrogen and oxygen atoms in total. The number of thioether (sulfide) groups is 1. The topological polar surface area (TPSA) is 49.8 Å². The average Bonchev–Trinajstić information content (AvgIpc) is 3.37. The summed E-state index contributed by atoms with van der Waals surface area (Å²) in [6.07, 6.45) is 6.24. The van der Waals surface area contributed by atoms with Crippen molar-refractivity contribution < 1.29 is 14.3 Å². The molecular weight excluding hydrogens is 587 g/mol. The first-order chi connectivity index (χ1) is 20.7. The zero-order valence-electron chi connectivity index (χ0n) is 25.8. The number of amides is 1. The highest BCUT2D eigenvalue weighted by Gasteiger charge is 2.51. The summed E-state index contributed by atoms with van der Waals surface area (Å²) in [5.41, 5.74) is 1.18. The summed E-state index contributed by atoms with van der Waals surface area (Å²) in [5.74, 6) is 0.641. The van der Waals surface area contributed by atoms with Crippen molar-refractivity contribution >= 4 is 52.9 Å². The van der Waals surface area contributed by atoms with E-state index >= 15 is 0 Å². The zero-order valence-corrected chi connectivity index (χ0v) is 28.5. The van der Waals surface area contributed by atoms with E-state index in [2.05, 4.69) is 88.4 Å². The predicted octanol–water partition coefficient (Wildman–Crippen LogP) is 6.90. The van der Waals surface area contributed by atoms with Crippen LogP contribution < -0.4 is 10.4 Å². The molecule has 1 heterocycles. The fourth-order valence-corrected chi connectivity index (χ4v) is 12.0. The van der Waals surface area contributed by atoms with E-state index in [1.165, 1.54) is 15.9 Å². The van der Waals surface area contributed by atoms with Crippen molar-refractivity contribution in [2.45, 2.75) is 83.1 Å². The molecule has 0 aliphatic carbocycles. The minimum Gasteiger partial charge on any atom is -0.401 e. The number of unbranched alkanes of at least 4 members (excludes halogenated alkanes) is 1. The molecule has 4 rings (SSSR count). The Bertz CT molecular complexity index is 1310. The van der Waals surface area contributed by atoms with Gasteiger partial charge >= 0.3 is 0 Å². The Balaban J connectivity index is 1.55. The summed E-state index contributed by atoms with van der Waals surface area (Å²) in [7, 11) is -2.77. The Labute approximate surface area is 268 Å². The standard InChI is InChI=1S/C36H45NO3S2Si/c1-5-6-18-31(40-43(36(2,3)4,32-19-12-8-13-20-32)33-21-14-9-15-22-33)24-23-30(38)26-34(39)37-29(27-42-35(37)41)25-28-16-10-7-11-17-28/h7-17,19-24,29-31,38H,5-6,18,25-27H2,1-4H3/b24-23-/t29-,30-,31-/m0/s1. The molecule has 0 saturated carbocycles. The van der Waals surface area contributed by atoms with Crippen LogP contribution in [0.3, 0.4) is 0 Å². The molecule has 7 heteroatoms. The van der Waals surface area contributed by atoms with Crippen molar-refractivity contribution in [1.82, 2.24) is 4.90 Å². The maximum Gasteiger partial charge on any atom is 0.261 e. The number of carbonyl (C=O) groups excluding carboxylic acids is 1. The molecule has 3 atom stereocenters. The van der Waals surface area contributed by atoms with Crippen molar-refractivity contribution in [3.8, 4) is 0 Å². The van der Waals surface area contributed by atoms with Gasteiger partial charge in [-0.1, -0.05) is 168 Å². The Morgan fingerprint density at radius 2 is 1.56 bits per heavy atom. The van der Waals surface area contributed by atoms with E-state index in [1.807, 2.05) is 36.4 Å². The summed E-state index contributed by atoms with van der Waals surface area (Å²) < 4.78 is 7.95. The van der Waals surface area contributed by atoms with Gasteiger partial charge < -0.3 is 9.53 Å². The van der Waals surface area contributed by atoms with E-state index < -0.39 is 14.4 Å². The van der Waals surface area contributed by atoms with Crippen LogP contribution in [0.1, 0.15) is 58.9 Å². The minimum atomic E-state index is -2.77. The lowest BCUT2D eigenvalue weighted by atomic mass is 10.1. The molecule has 1 fully saturated rings. The third-order valence-electron chi connectivity index (χ3n) is 8.06. The van der Waals surface area contributed by atoms with Crippen molar-refractivity contribution in [2.75, 3.05) is 5.75 Å².